The molecule has 4 heteroatoms. The van der Waals surface area contributed by atoms with Crippen molar-refractivity contribution in [2.45, 2.75) is 12.5 Å². The van der Waals surface area contributed by atoms with Crippen LogP contribution in [0.4, 0.5) is 10.1 Å². The quantitative estimate of drug-likeness (QED) is 0.791. The van der Waals surface area contributed by atoms with Crippen molar-refractivity contribution in [1.82, 2.24) is 0 Å². The molecule has 1 amide bonds. The van der Waals surface area contributed by atoms with Gasteiger partial charge in [0.25, 0.3) is 0 Å². The topological polar surface area (TPSA) is 46.3 Å². The van der Waals surface area contributed by atoms with Crippen LogP contribution in [0.25, 0.3) is 0 Å². The van der Waals surface area contributed by atoms with Crippen molar-refractivity contribution < 1.29 is 9.18 Å². The van der Waals surface area contributed by atoms with Gasteiger partial charge in [-0.2, -0.15) is 0 Å². The molecule has 0 aliphatic heterocycles. The Morgan fingerprint density at radius 1 is 1.47 bits per heavy atom. The number of nitrogens with two attached hydrogens (primary N) is 1. The number of halogens is 1. The molecular weight excluding hydrogens is 219 g/mol. The molecule has 2 atom stereocenters. The summed E-state index contributed by atoms with van der Waals surface area (Å²) in [5, 5.41) is 0. The zero-order valence-corrected chi connectivity index (χ0v) is 9.64. The molecule has 2 rings (SSSR count). The molecule has 90 valence electrons. The number of nitrogens with zero attached hydrogens (tertiary/aromatic N) is 1. The third kappa shape index (κ3) is 2.53. The molecule has 1 aliphatic carbocycles. The van der Waals surface area contributed by atoms with Crippen molar-refractivity contribution in [3.05, 3.63) is 42.2 Å². The van der Waals surface area contributed by atoms with E-state index < -0.39 is 0 Å². The van der Waals surface area contributed by atoms with Gasteiger partial charge in [0, 0.05) is 18.8 Å². The van der Waals surface area contributed by atoms with Gasteiger partial charge < -0.3 is 10.6 Å². The molecule has 2 unspecified atom stereocenters. The third-order valence-corrected chi connectivity index (χ3v) is 2.96. The van der Waals surface area contributed by atoms with Gasteiger partial charge in [0.2, 0.25) is 5.91 Å². The highest BCUT2D eigenvalue weighted by Gasteiger charge is 2.26. The maximum atomic E-state index is 13.1. The van der Waals surface area contributed by atoms with Crippen LogP contribution in [0.2, 0.25) is 0 Å². The highest BCUT2D eigenvalue weighted by molar-refractivity contribution is 5.95. The SMILES string of the molecule is CN(C(=O)C1C=CC(N)C1)c1cccc(F)c1. The van der Waals surface area contributed by atoms with E-state index in [-0.39, 0.29) is 23.7 Å². The zero-order valence-electron chi connectivity index (χ0n) is 9.64. The lowest BCUT2D eigenvalue weighted by atomic mass is 10.1. The Morgan fingerprint density at radius 2 is 2.24 bits per heavy atom. The fourth-order valence-electron chi connectivity index (χ4n) is 1.97. The molecule has 0 radical (unpaired) electrons. The van der Waals surface area contributed by atoms with E-state index in [1.165, 1.54) is 17.0 Å². The summed E-state index contributed by atoms with van der Waals surface area (Å²) in [6.07, 6.45) is 4.28. The van der Waals surface area contributed by atoms with Crippen molar-refractivity contribution in [3.63, 3.8) is 0 Å². The third-order valence-electron chi connectivity index (χ3n) is 2.96. The lowest BCUT2D eigenvalue weighted by molar-refractivity contribution is -0.120. The number of anilines is 1. The smallest absolute Gasteiger partial charge is 0.233 e. The molecule has 3 nitrogen and oxygen atoms in total. The Morgan fingerprint density at radius 3 is 2.82 bits per heavy atom. The van der Waals surface area contributed by atoms with Crippen LogP contribution in [-0.4, -0.2) is 19.0 Å². The molecule has 1 aliphatic rings. The Bertz CT molecular complexity index is 458. The van der Waals surface area contributed by atoms with E-state index in [1.54, 1.807) is 19.2 Å². The summed E-state index contributed by atoms with van der Waals surface area (Å²) in [5.74, 6) is -0.598. The predicted molar refractivity (Wildman–Crippen MR) is 65.0 cm³/mol. The summed E-state index contributed by atoms with van der Waals surface area (Å²) in [7, 11) is 1.65. The lowest BCUT2D eigenvalue weighted by Gasteiger charge is -2.20. The first kappa shape index (κ1) is 11.8. The van der Waals surface area contributed by atoms with Crippen molar-refractivity contribution in [2.24, 2.45) is 11.7 Å². The zero-order chi connectivity index (χ0) is 12.4. The summed E-state index contributed by atoms with van der Waals surface area (Å²) in [6.45, 7) is 0. The summed E-state index contributed by atoms with van der Waals surface area (Å²) < 4.78 is 13.1. The molecule has 0 heterocycles. The van der Waals surface area contributed by atoms with Gasteiger partial charge in [-0.3, -0.25) is 4.79 Å². The molecule has 17 heavy (non-hydrogen) atoms. The van der Waals surface area contributed by atoms with Gasteiger partial charge in [-0.1, -0.05) is 18.2 Å². The van der Waals surface area contributed by atoms with Crippen LogP contribution in [0.5, 0.6) is 0 Å². The second-order valence-electron chi connectivity index (χ2n) is 4.27. The molecule has 0 spiro atoms. The number of rotatable bonds is 2. The second-order valence-corrected chi connectivity index (χ2v) is 4.27. The summed E-state index contributed by atoms with van der Waals surface area (Å²) in [6, 6.07) is 5.94. The van der Waals surface area contributed by atoms with Gasteiger partial charge in [0.15, 0.2) is 0 Å². The van der Waals surface area contributed by atoms with Gasteiger partial charge >= 0.3 is 0 Å². The lowest BCUT2D eigenvalue weighted by Crippen LogP contribution is -2.32. The van der Waals surface area contributed by atoms with E-state index in [0.29, 0.717) is 12.1 Å². The van der Waals surface area contributed by atoms with Crippen molar-refractivity contribution in [3.8, 4) is 0 Å². The van der Waals surface area contributed by atoms with E-state index in [4.69, 9.17) is 5.73 Å². The highest BCUT2D eigenvalue weighted by Crippen LogP contribution is 2.22. The van der Waals surface area contributed by atoms with E-state index in [0.717, 1.165) is 0 Å². The Balaban J connectivity index is 2.12. The number of carbonyl (C=O) groups is 1. The molecule has 0 aromatic heterocycles. The molecule has 2 N–H and O–H groups in total. The number of hydrogen-bond donors (Lipinski definition) is 1. The Labute approximate surface area is 99.7 Å². The molecule has 1 aromatic carbocycles. The van der Waals surface area contributed by atoms with Crippen molar-refractivity contribution in [2.75, 3.05) is 11.9 Å². The van der Waals surface area contributed by atoms with Gasteiger partial charge in [-0.05, 0) is 24.6 Å². The van der Waals surface area contributed by atoms with E-state index in [1.807, 2.05) is 12.2 Å². The van der Waals surface area contributed by atoms with E-state index in [2.05, 4.69) is 0 Å². The maximum Gasteiger partial charge on any atom is 0.233 e. The summed E-state index contributed by atoms with van der Waals surface area (Å²) in [5.41, 5.74) is 6.27. The highest BCUT2D eigenvalue weighted by atomic mass is 19.1. The fourth-order valence-corrected chi connectivity index (χ4v) is 1.97. The first-order valence-electron chi connectivity index (χ1n) is 5.55. The number of benzene rings is 1. The molecule has 0 saturated carbocycles. The first-order valence-corrected chi connectivity index (χ1v) is 5.55. The minimum atomic E-state index is -0.346. The van der Waals surface area contributed by atoms with Crippen LogP contribution in [0.3, 0.4) is 0 Å². The molecule has 0 bridgehead atoms. The van der Waals surface area contributed by atoms with E-state index >= 15 is 0 Å². The molecule has 1 aromatic rings. The first-order chi connectivity index (χ1) is 8.08. The van der Waals surface area contributed by atoms with Crippen molar-refractivity contribution >= 4 is 11.6 Å². The molecule has 0 fully saturated rings. The average Bonchev–Trinajstić information content (AvgIpc) is 2.74. The summed E-state index contributed by atoms with van der Waals surface area (Å²) in [4.78, 5) is 13.6. The van der Waals surface area contributed by atoms with Crippen LogP contribution in [0.15, 0.2) is 36.4 Å². The van der Waals surface area contributed by atoms with Crippen LogP contribution < -0.4 is 10.6 Å². The standard InChI is InChI=1S/C13H15FN2O/c1-16(12-4-2-3-10(14)8-12)13(17)9-5-6-11(15)7-9/h2-6,8-9,11H,7,15H2,1H3. The Kier molecular flexibility index (Phi) is 3.24. The number of hydrogen-bond acceptors (Lipinski definition) is 2. The summed E-state index contributed by atoms with van der Waals surface area (Å²) >= 11 is 0. The normalized spacial score (nSPS) is 22.8. The molecular formula is C13H15FN2O. The number of amides is 1. The second kappa shape index (κ2) is 4.67. The number of carbonyl (C=O) groups excluding carboxylic acids is 1. The molecule has 0 saturated heterocycles. The minimum absolute atomic E-state index is 0.0511. The van der Waals surface area contributed by atoms with Crippen molar-refractivity contribution in [1.29, 1.82) is 0 Å². The largest absolute Gasteiger partial charge is 0.324 e. The van der Waals surface area contributed by atoms with E-state index in [9.17, 15) is 9.18 Å². The fraction of sp³-hybridized carbons (Fsp3) is 0.308. The predicted octanol–water partition coefficient (Wildman–Crippen LogP) is 1.69. The van der Waals surface area contributed by atoms with Gasteiger partial charge in [-0.25, -0.2) is 4.39 Å². The maximum absolute atomic E-state index is 13.1. The minimum Gasteiger partial charge on any atom is -0.324 e. The van der Waals surface area contributed by atoms with Crippen LogP contribution in [0.1, 0.15) is 6.42 Å². The monoisotopic (exact) mass is 234 g/mol. The Hall–Kier alpha value is -1.68. The van der Waals surface area contributed by atoms with Gasteiger partial charge in [0.1, 0.15) is 5.82 Å². The van der Waals surface area contributed by atoms with Crippen LogP contribution in [0, 0.1) is 11.7 Å². The van der Waals surface area contributed by atoms with Crippen LogP contribution >= 0.6 is 0 Å². The van der Waals surface area contributed by atoms with Crippen LogP contribution in [-0.2, 0) is 4.79 Å². The van der Waals surface area contributed by atoms with Gasteiger partial charge in [-0.15, -0.1) is 0 Å². The average molecular weight is 234 g/mol. The van der Waals surface area contributed by atoms with Gasteiger partial charge in [0.05, 0.1) is 5.92 Å².